The molecule has 0 aliphatic rings. The van der Waals surface area contributed by atoms with Crippen molar-refractivity contribution in [2.24, 2.45) is 5.73 Å². The van der Waals surface area contributed by atoms with Crippen LogP contribution in [-0.4, -0.2) is 10.9 Å². The number of nitrogens with two attached hydrogens (primary N) is 2. The molecule has 0 aliphatic carbocycles. The van der Waals surface area contributed by atoms with Gasteiger partial charge in [-0.15, -0.1) is 11.3 Å². The van der Waals surface area contributed by atoms with E-state index in [0.29, 0.717) is 32.3 Å². The number of hydrogen-bond donors (Lipinski definition) is 2. The van der Waals surface area contributed by atoms with Gasteiger partial charge in [0.1, 0.15) is 21.2 Å². The Morgan fingerprint density at radius 1 is 1.20 bits per heavy atom. The molecule has 0 saturated carbocycles. The molecule has 1 amide bonds. The molecule has 100 valence electrons. The Labute approximate surface area is 118 Å². The Morgan fingerprint density at radius 3 is 2.65 bits per heavy atom. The zero-order chi connectivity index (χ0) is 14.1. The quantitative estimate of drug-likeness (QED) is 0.774. The second kappa shape index (κ2) is 4.82. The molecule has 2 heterocycles. The summed E-state index contributed by atoms with van der Waals surface area (Å²) in [7, 11) is 0. The van der Waals surface area contributed by atoms with Crippen molar-refractivity contribution < 1.29 is 9.53 Å². The van der Waals surface area contributed by atoms with E-state index in [1.165, 1.54) is 11.3 Å². The molecule has 2 aromatic heterocycles. The highest BCUT2D eigenvalue weighted by Gasteiger charge is 2.18. The summed E-state index contributed by atoms with van der Waals surface area (Å²) in [6, 6.07) is 11.0. The lowest BCUT2D eigenvalue weighted by Crippen LogP contribution is -2.10. The molecule has 0 aliphatic heterocycles. The van der Waals surface area contributed by atoms with E-state index in [9.17, 15) is 4.79 Å². The molecule has 6 heteroatoms. The lowest BCUT2D eigenvalue weighted by atomic mass is 10.2. The van der Waals surface area contributed by atoms with Crippen molar-refractivity contribution >= 4 is 33.1 Å². The monoisotopic (exact) mass is 285 g/mol. The molecule has 0 unspecified atom stereocenters. The number of nitrogens with zero attached hydrogens (tertiary/aromatic N) is 1. The van der Waals surface area contributed by atoms with Gasteiger partial charge in [-0.25, -0.2) is 4.98 Å². The van der Waals surface area contributed by atoms with E-state index in [1.807, 2.05) is 30.3 Å². The van der Waals surface area contributed by atoms with Gasteiger partial charge in [-0.1, -0.05) is 18.2 Å². The molecule has 3 aromatic rings. The number of benzene rings is 1. The first-order valence-electron chi connectivity index (χ1n) is 5.86. The summed E-state index contributed by atoms with van der Waals surface area (Å²) in [5, 5.41) is 0.621. The average molecular weight is 285 g/mol. The number of pyridine rings is 1. The number of para-hydroxylation sites is 1. The maximum absolute atomic E-state index is 11.3. The second-order valence-electron chi connectivity index (χ2n) is 4.11. The number of amides is 1. The highest BCUT2D eigenvalue weighted by Crippen LogP contribution is 2.39. The molecule has 0 atom stereocenters. The Hall–Kier alpha value is -2.60. The average Bonchev–Trinajstić information content (AvgIpc) is 2.79. The van der Waals surface area contributed by atoms with Crippen LogP contribution in [0.15, 0.2) is 42.6 Å². The van der Waals surface area contributed by atoms with Gasteiger partial charge in [0.05, 0.1) is 11.1 Å². The Balaban J connectivity index is 2.14. The molecule has 20 heavy (non-hydrogen) atoms. The number of carbonyl (C=O) groups excluding carboxylic acids is 1. The van der Waals surface area contributed by atoms with Crippen LogP contribution in [0.2, 0.25) is 0 Å². The van der Waals surface area contributed by atoms with E-state index in [-0.39, 0.29) is 0 Å². The number of primary amides is 1. The largest absolute Gasteiger partial charge is 0.456 e. The maximum Gasteiger partial charge on any atom is 0.260 e. The summed E-state index contributed by atoms with van der Waals surface area (Å²) in [5.74, 6) is 0.685. The van der Waals surface area contributed by atoms with Gasteiger partial charge in [-0.05, 0) is 18.2 Å². The van der Waals surface area contributed by atoms with E-state index < -0.39 is 5.91 Å². The fraction of sp³-hybridized carbons (Fsp3) is 0. The number of anilines is 1. The Morgan fingerprint density at radius 2 is 1.95 bits per heavy atom. The lowest BCUT2D eigenvalue weighted by Gasteiger charge is -2.07. The minimum Gasteiger partial charge on any atom is -0.456 e. The topological polar surface area (TPSA) is 91.2 Å². The lowest BCUT2D eigenvalue weighted by molar-refractivity contribution is 0.100. The van der Waals surface area contributed by atoms with Crippen molar-refractivity contribution in [2.75, 3.05) is 5.73 Å². The van der Waals surface area contributed by atoms with Gasteiger partial charge in [0, 0.05) is 6.20 Å². The number of ether oxygens (including phenoxy) is 1. The molecule has 1 aromatic carbocycles. The van der Waals surface area contributed by atoms with Crippen LogP contribution in [0.25, 0.3) is 10.2 Å². The minimum atomic E-state index is -0.559. The third-order valence-electron chi connectivity index (χ3n) is 2.79. The van der Waals surface area contributed by atoms with Crippen LogP contribution >= 0.6 is 11.3 Å². The molecule has 0 radical (unpaired) electrons. The van der Waals surface area contributed by atoms with Crippen molar-refractivity contribution in [1.82, 2.24) is 4.98 Å². The summed E-state index contributed by atoms with van der Waals surface area (Å²) in [6.07, 6.45) is 1.61. The highest BCUT2D eigenvalue weighted by atomic mass is 32.1. The number of hydrogen-bond acceptors (Lipinski definition) is 5. The summed E-state index contributed by atoms with van der Waals surface area (Å²) in [6.45, 7) is 0. The number of aromatic nitrogens is 1. The smallest absolute Gasteiger partial charge is 0.260 e. The second-order valence-corrected chi connectivity index (χ2v) is 5.11. The van der Waals surface area contributed by atoms with Crippen molar-refractivity contribution in [3.8, 4) is 11.5 Å². The molecule has 0 fully saturated rings. The Kier molecular flexibility index (Phi) is 3.00. The highest BCUT2D eigenvalue weighted by molar-refractivity contribution is 7.21. The van der Waals surface area contributed by atoms with Crippen LogP contribution in [-0.2, 0) is 0 Å². The maximum atomic E-state index is 11.3. The first-order valence-corrected chi connectivity index (χ1v) is 6.68. The fourth-order valence-corrected chi connectivity index (χ4v) is 2.83. The molecule has 4 N–H and O–H groups in total. The van der Waals surface area contributed by atoms with Crippen LogP contribution < -0.4 is 16.2 Å². The van der Waals surface area contributed by atoms with Gasteiger partial charge >= 0.3 is 0 Å². The minimum absolute atomic E-state index is 0.302. The molecule has 0 spiro atoms. The third kappa shape index (κ3) is 2.06. The zero-order valence-corrected chi connectivity index (χ0v) is 11.2. The van der Waals surface area contributed by atoms with Crippen molar-refractivity contribution in [2.45, 2.75) is 0 Å². The zero-order valence-electron chi connectivity index (χ0n) is 10.4. The van der Waals surface area contributed by atoms with Crippen LogP contribution in [0.4, 0.5) is 5.69 Å². The van der Waals surface area contributed by atoms with Crippen LogP contribution in [0, 0.1) is 0 Å². The third-order valence-corrected chi connectivity index (χ3v) is 3.91. The van der Waals surface area contributed by atoms with E-state index in [2.05, 4.69) is 4.98 Å². The first-order chi connectivity index (χ1) is 9.66. The predicted octanol–water partition coefficient (Wildman–Crippen LogP) is 2.77. The van der Waals surface area contributed by atoms with Gasteiger partial charge < -0.3 is 16.2 Å². The fourth-order valence-electron chi connectivity index (χ4n) is 1.90. The van der Waals surface area contributed by atoms with E-state index in [1.54, 1.807) is 12.3 Å². The van der Waals surface area contributed by atoms with E-state index in [0.717, 1.165) is 0 Å². The van der Waals surface area contributed by atoms with Gasteiger partial charge in [0.25, 0.3) is 5.91 Å². The number of fused-ring (bicyclic) bond motifs is 1. The van der Waals surface area contributed by atoms with Crippen LogP contribution in [0.5, 0.6) is 11.5 Å². The number of thiophene rings is 1. The van der Waals surface area contributed by atoms with Crippen molar-refractivity contribution in [3.05, 3.63) is 47.5 Å². The summed E-state index contributed by atoms with van der Waals surface area (Å²) >= 11 is 1.17. The van der Waals surface area contributed by atoms with Crippen molar-refractivity contribution in [3.63, 3.8) is 0 Å². The first kappa shape index (κ1) is 12.4. The molecule has 3 rings (SSSR count). The predicted molar refractivity (Wildman–Crippen MR) is 79.1 cm³/mol. The standard InChI is InChI=1S/C14H11N3O2S/c15-11-10-9(19-8-4-2-1-3-5-8)6-7-17-14(10)20-12(11)13(16)18/h1-7H,15H2,(H2,16,18). The van der Waals surface area contributed by atoms with Crippen LogP contribution in [0.1, 0.15) is 9.67 Å². The molecule has 0 bridgehead atoms. The van der Waals surface area contributed by atoms with Gasteiger partial charge in [-0.2, -0.15) is 0 Å². The molecule has 5 nitrogen and oxygen atoms in total. The number of rotatable bonds is 3. The summed E-state index contributed by atoms with van der Waals surface area (Å²) in [5.41, 5.74) is 11.6. The molecule has 0 saturated heterocycles. The van der Waals surface area contributed by atoms with Crippen LogP contribution in [0.3, 0.4) is 0 Å². The molecular weight excluding hydrogens is 274 g/mol. The van der Waals surface area contributed by atoms with Crippen molar-refractivity contribution in [1.29, 1.82) is 0 Å². The SMILES string of the molecule is NC(=O)c1sc2nccc(Oc3ccccc3)c2c1N. The number of carbonyl (C=O) groups is 1. The Bertz CT molecular complexity index is 784. The van der Waals surface area contributed by atoms with Gasteiger partial charge in [-0.3, -0.25) is 4.79 Å². The summed E-state index contributed by atoms with van der Waals surface area (Å²) < 4.78 is 5.80. The van der Waals surface area contributed by atoms with E-state index >= 15 is 0 Å². The normalized spacial score (nSPS) is 10.6. The van der Waals surface area contributed by atoms with E-state index in [4.69, 9.17) is 16.2 Å². The van der Waals surface area contributed by atoms with Gasteiger partial charge in [0.15, 0.2) is 0 Å². The van der Waals surface area contributed by atoms with Gasteiger partial charge in [0.2, 0.25) is 0 Å². The number of nitrogen functional groups attached to an aromatic ring is 1. The molecular formula is C14H11N3O2S. The summed E-state index contributed by atoms with van der Waals surface area (Å²) in [4.78, 5) is 16.5.